The van der Waals surface area contributed by atoms with Crippen molar-refractivity contribution in [2.24, 2.45) is 0 Å². The summed E-state index contributed by atoms with van der Waals surface area (Å²) in [5, 5.41) is 12.5. The van der Waals surface area contributed by atoms with Gasteiger partial charge in [-0.2, -0.15) is 0 Å². The molecule has 1 saturated heterocycles. The zero-order valence-electron chi connectivity index (χ0n) is 15.1. The predicted molar refractivity (Wildman–Crippen MR) is 104 cm³/mol. The average Bonchev–Trinajstić information content (AvgIpc) is 2.59. The third-order valence-corrected chi connectivity index (χ3v) is 4.18. The van der Waals surface area contributed by atoms with Crippen LogP contribution in [0, 0.1) is 0 Å². The number of benzene rings is 1. The molecule has 2 rings (SSSR count). The van der Waals surface area contributed by atoms with Gasteiger partial charge in [0.2, 0.25) is 5.75 Å². The lowest BCUT2D eigenvalue weighted by Gasteiger charge is -2.34. The van der Waals surface area contributed by atoms with Crippen molar-refractivity contribution in [2.45, 2.75) is 25.4 Å². The Bertz CT molecular complexity index is 481. The fourth-order valence-electron chi connectivity index (χ4n) is 3.05. The van der Waals surface area contributed by atoms with Crippen molar-refractivity contribution in [3.8, 4) is 17.2 Å². The number of ether oxygens (including phenoxy) is 3. The summed E-state index contributed by atoms with van der Waals surface area (Å²) < 4.78 is 16.2. The van der Waals surface area contributed by atoms with Crippen molar-refractivity contribution in [3.63, 3.8) is 0 Å². The van der Waals surface area contributed by atoms with Crippen LogP contribution in [0.25, 0.3) is 0 Å². The number of methoxy groups -OCH3 is 3. The summed E-state index contributed by atoms with van der Waals surface area (Å²) in [7, 11) is 4.88. The summed E-state index contributed by atoms with van der Waals surface area (Å²) >= 11 is 0. The maximum absolute atomic E-state index is 8.98. The van der Waals surface area contributed by atoms with Crippen LogP contribution in [0.2, 0.25) is 0 Å². The molecule has 1 aromatic carbocycles. The Hall–Kier alpha value is -0.920. The second kappa shape index (κ2) is 12.4. The Morgan fingerprint density at radius 1 is 1.12 bits per heavy atom. The van der Waals surface area contributed by atoms with Crippen LogP contribution in [-0.2, 0) is 6.54 Å². The van der Waals surface area contributed by atoms with E-state index in [0.717, 1.165) is 44.6 Å². The van der Waals surface area contributed by atoms with Crippen molar-refractivity contribution >= 4 is 24.8 Å². The van der Waals surface area contributed by atoms with Gasteiger partial charge in [-0.1, -0.05) is 0 Å². The molecule has 0 spiro atoms. The lowest BCUT2D eigenvalue weighted by atomic mass is 10.1. The van der Waals surface area contributed by atoms with Crippen LogP contribution in [0.5, 0.6) is 17.2 Å². The molecule has 0 amide bonds. The number of hydrogen-bond donors (Lipinski definition) is 2. The predicted octanol–water partition coefficient (Wildman–Crippen LogP) is 2.10. The number of aliphatic hydroxyl groups is 1. The van der Waals surface area contributed by atoms with Gasteiger partial charge in [0.15, 0.2) is 11.5 Å². The zero-order valence-corrected chi connectivity index (χ0v) is 16.8. The van der Waals surface area contributed by atoms with Gasteiger partial charge in [0, 0.05) is 38.8 Å². The SMILES string of the molecule is COc1cc(CN2CCNC(CCCO)C2)cc(OC)c1OC.Cl.Cl. The minimum absolute atomic E-state index is 0. The molecule has 1 fully saturated rings. The Morgan fingerprint density at radius 2 is 1.76 bits per heavy atom. The van der Waals surface area contributed by atoms with Gasteiger partial charge in [-0.25, -0.2) is 0 Å². The Labute approximate surface area is 162 Å². The summed E-state index contributed by atoms with van der Waals surface area (Å²) in [6.07, 6.45) is 1.85. The molecule has 8 heteroatoms. The molecule has 146 valence electrons. The van der Waals surface area contributed by atoms with Crippen LogP contribution in [0.3, 0.4) is 0 Å². The molecular weight excluding hydrogens is 367 g/mol. The molecule has 0 saturated carbocycles. The molecule has 2 N–H and O–H groups in total. The van der Waals surface area contributed by atoms with Crippen molar-refractivity contribution in [2.75, 3.05) is 47.6 Å². The van der Waals surface area contributed by atoms with Gasteiger partial charge in [-0.15, -0.1) is 24.8 Å². The maximum atomic E-state index is 8.98. The van der Waals surface area contributed by atoms with Gasteiger partial charge < -0.3 is 24.6 Å². The summed E-state index contributed by atoms with van der Waals surface area (Å²) in [5.41, 5.74) is 1.14. The van der Waals surface area contributed by atoms with Crippen LogP contribution in [-0.4, -0.2) is 63.6 Å². The number of rotatable bonds is 8. The molecule has 6 nitrogen and oxygen atoms in total. The highest BCUT2D eigenvalue weighted by atomic mass is 35.5. The van der Waals surface area contributed by atoms with Crippen LogP contribution < -0.4 is 19.5 Å². The standard InChI is InChI=1S/C17H28N2O4.2ClH/c1-21-15-9-13(10-16(22-2)17(15)23-3)11-19-7-6-18-14(12-19)5-4-8-20;;/h9-10,14,18,20H,4-8,11-12H2,1-3H3;2*1H. The number of aliphatic hydroxyl groups excluding tert-OH is 1. The van der Waals surface area contributed by atoms with E-state index in [-0.39, 0.29) is 31.4 Å². The lowest BCUT2D eigenvalue weighted by molar-refractivity contribution is 0.178. The van der Waals surface area contributed by atoms with Gasteiger partial charge in [0.25, 0.3) is 0 Å². The van der Waals surface area contributed by atoms with Crippen molar-refractivity contribution in [3.05, 3.63) is 17.7 Å². The van der Waals surface area contributed by atoms with E-state index in [1.165, 1.54) is 0 Å². The van der Waals surface area contributed by atoms with Crippen LogP contribution in [0.1, 0.15) is 18.4 Å². The van der Waals surface area contributed by atoms with E-state index in [4.69, 9.17) is 19.3 Å². The first-order chi connectivity index (χ1) is 11.2. The average molecular weight is 397 g/mol. The van der Waals surface area contributed by atoms with Gasteiger partial charge in [-0.3, -0.25) is 4.90 Å². The van der Waals surface area contributed by atoms with Crippen molar-refractivity contribution in [1.29, 1.82) is 0 Å². The summed E-state index contributed by atoms with van der Waals surface area (Å²) in [4.78, 5) is 2.42. The van der Waals surface area contributed by atoms with Gasteiger partial charge >= 0.3 is 0 Å². The third kappa shape index (κ3) is 6.72. The Kier molecular flexibility index (Phi) is 12.0. The second-order valence-corrected chi connectivity index (χ2v) is 5.79. The fourth-order valence-corrected chi connectivity index (χ4v) is 3.05. The van der Waals surface area contributed by atoms with E-state index >= 15 is 0 Å². The normalized spacial score (nSPS) is 17.2. The lowest BCUT2D eigenvalue weighted by Crippen LogP contribution is -2.50. The fraction of sp³-hybridized carbons (Fsp3) is 0.647. The number of piperazine rings is 1. The molecular formula is C17H30Cl2N2O4. The largest absolute Gasteiger partial charge is 0.493 e. The molecule has 0 bridgehead atoms. The zero-order chi connectivity index (χ0) is 16.7. The van der Waals surface area contributed by atoms with E-state index in [2.05, 4.69) is 10.2 Å². The molecule has 0 radical (unpaired) electrons. The first-order valence-electron chi connectivity index (χ1n) is 8.07. The molecule has 0 aliphatic carbocycles. The Morgan fingerprint density at radius 3 is 2.28 bits per heavy atom. The molecule has 25 heavy (non-hydrogen) atoms. The topological polar surface area (TPSA) is 63.2 Å². The number of nitrogens with one attached hydrogen (secondary N) is 1. The molecule has 1 unspecified atom stereocenters. The van der Waals surface area contributed by atoms with Gasteiger partial charge in [-0.05, 0) is 30.5 Å². The maximum Gasteiger partial charge on any atom is 0.203 e. The number of halogens is 2. The molecule has 1 aromatic rings. The van der Waals surface area contributed by atoms with E-state index in [0.29, 0.717) is 23.3 Å². The summed E-state index contributed by atoms with van der Waals surface area (Å²) in [5.74, 6) is 2.00. The second-order valence-electron chi connectivity index (χ2n) is 5.79. The van der Waals surface area contributed by atoms with E-state index in [9.17, 15) is 0 Å². The molecule has 1 heterocycles. The third-order valence-electron chi connectivity index (χ3n) is 4.18. The first kappa shape index (κ1) is 24.1. The van der Waals surface area contributed by atoms with Gasteiger partial charge in [0.05, 0.1) is 21.3 Å². The first-order valence-corrected chi connectivity index (χ1v) is 8.07. The smallest absolute Gasteiger partial charge is 0.203 e. The molecule has 1 atom stereocenters. The highest BCUT2D eigenvalue weighted by Gasteiger charge is 2.20. The Balaban J connectivity index is 0.00000288. The minimum atomic E-state index is 0. The highest BCUT2D eigenvalue weighted by molar-refractivity contribution is 5.85. The highest BCUT2D eigenvalue weighted by Crippen LogP contribution is 2.38. The minimum Gasteiger partial charge on any atom is -0.493 e. The van der Waals surface area contributed by atoms with Crippen LogP contribution in [0.15, 0.2) is 12.1 Å². The molecule has 1 aliphatic heterocycles. The monoisotopic (exact) mass is 396 g/mol. The molecule has 1 aliphatic rings. The van der Waals surface area contributed by atoms with E-state index in [1.54, 1.807) is 21.3 Å². The van der Waals surface area contributed by atoms with Crippen molar-refractivity contribution < 1.29 is 19.3 Å². The summed E-state index contributed by atoms with van der Waals surface area (Å²) in [6.45, 7) is 4.06. The molecule has 0 aromatic heterocycles. The summed E-state index contributed by atoms with van der Waals surface area (Å²) in [6, 6.07) is 4.45. The number of hydrogen-bond acceptors (Lipinski definition) is 6. The van der Waals surface area contributed by atoms with Crippen molar-refractivity contribution in [1.82, 2.24) is 10.2 Å². The number of nitrogens with zero attached hydrogens (tertiary/aromatic N) is 1. The van der Waals surface area contributed by atoms with E-state index < -0.39 is 0 Å². The van der Waals surface area contributed by atoms with Gasteiger partial charge in [0.1, 0.15) is 0 Å². The quantitative estimate of drug-likeness (QED) is 0.701. The van der Waals surface area contributed by atoms with E-state index in [1.807, 2.05) is 12.1 Å². The van der Waals surface area contributed by atoms with Crippen LogP contribution >= 0.6 is 24.8 Å². The van der Waals surface area contributed by atoms with Crippen LogP contribution in [0.4, 0.5) is 0 Å².